The molecule has 0 aliphatic heterocycles. The van der Waals surface area contributed by atoms with Crippen molar-refractivity contribution in [1.82, 2.24) is 0 Å². The van der Waals surface area contributed by atoms with Gasteiger partial charge in [-0.25, -0.2) is 0 Å². The fourth-order valence-electron chi connectivity index (χ4n) is 1.43. The van der Waals surface area contributed by atoms with Gasteiger partial charge in [0.05, 0.1) is 0 Å². The van der Waals surface area contributed by atoms with Crippen molar-refractivity contribution in [2.75, 3.05) is 0 Å². The second kappa shape index (κ2) is 3.42. The van der Waals surface area contributed by atoms with Crippen LogP contribution in [0.4, 0.5) is 0 Å². The van der Waals surface area contributed by atoms with Gasteiger partial charge in [0.2, 0.25) is 0 Å². The van der Waals surface area contributed by atoms with Gasteiger partial charge in [0, 0.05) is 15.4 Å². The zero-order chi connectivity index (χ0) is 10.1. The van der Waals surface area contributed by atoms with Crippen molar-refractivity contribution in [3.8, 4) is 5.75 Å². The third-order valence-corrected chi connectivity index (χ3v) is 2.61. The number of carbonyl (C=O) groups excluding carboxylic acids is 1. The highest BCUT2D eigenvalue weighted by atomic mass is 79.9. The summed E-state index contributed by atoms with van der Waals surface area (Å²) in [6, 6.07) is 8.58. The number of hydrogen-bond acceptors (Lipinski definition) is 2. The van der Waals surface area contributed by atoms with Crippen molar-refractivity contribution in [2.24, 2.45) is 0 Å². The zero-order valence-electron chi connectivity index (χ0n) is 7.20. The van der Waals surface area contributed by atoms with Crippen LogP contribution in [0.1, 0.15) is 10.4 Å². The van der Waals surface area contributed by atoms with Gasteiger partial charge in [0.25, 0.3) is 0 Å². The standard InChI is InChI=1S/C11H7BrO2/c12-8-2-3-9-7(6-13)1-4-11(14)10(9)5-8/h1-6,14H. The average molecular weight is 251 g/mol. The number of fused-ring (bicyclic) bond motifs is 1. The predicted octanol–water partition coefficient (Wildman–Crippen LogP) is 3.12. The molecule has 0 spiro atoms. The maximum Gasteiger partial charge on any atom is 0.150 e. The Balaban J connectivity index is 2.91. The van der Waals surface area contributed by atoms with E-state index in [2.05, 4.69) is 15.9 Å². The van der Waals surface area contributed by atoms with Gasteiger partial charge in [0.15, 0.2) is 6.29 Å². The molecule has 0 bridgehead atoms. The smallest absolute Gasteiger partial charge is 0.150 e. The van der Waals surface area contributed by atoms with Crippen LogP contribution in [0.15, 0.2) is 34.8 Å². The van der Waals surface area contributed by atoms with E-state index in [1.54, 1.807) is 12.1 Å². The highest BCUT2D eigenvalue weighted by Crippen LogP contribution is 2.29. The van der Waals surface area contributed by atoms with Crippen LogP contribution in [0.5, 0.6) is 5.75 Å². The summed E-state index contributed by atoms with van der Waals surface area (Å²) in [5.41, 5.74) is 0.588. The molecule has 0 radical (unpaired) electrons. The molecule has 0 saturated heterocycles. The van der Waals surface area contributed by atoms with E-state index in [9.17, 15) is 9.90 Å². The minimum atomic E-state index is 0.187. The number of hydrogen-bond donors (Lipinski definition) is 1. The van der Waals surface area contributed by atoms with Gasteiger partial charge >= 0.3 is 0 Å². The molecule has 0 aromatic heterocycles. The first-order chi connectivity index (χ1) is 6.72. The van der Waals surface area contributed by atoms with E-state index in [0.717, 1.165) is 16.1 Å². The fourth-order valence-corrected chi connectivity index (χ4v) is 1.79. The molecule has 0 aliphatic carbocycles. The van der Waals surface area contributed by atoms with Crippen LogP contribution < -0.4 is 0 Å². The van der Waals surface area contributed by atoms with Gasteiger partial charge in [-0.05, 0) is 29.7 Å². The molecule has 0 fully saturated rings. The number of aromatic hydroxyl groups is 1. The summed E-state index contributed by atoms with van der Waals surface area (Å²) < 4.78 is 0.878. The van der Waals surface area contributed by atoms with Crippen LogP contribution in [0.25, 0.3) is 10.8 Å². The number of phenols is 1. The van der Waals surface area contributed by atoms with Gasteiger partial charge in [-0.2, -0.15) is 0 Å². The highest BCUT2D eigenvalue weighted by molar-refractivity contribution is 9.10. The molecular weight excluding hydrogens is 244 g/mol. The Kier molecular flexibility index (Phi) is 2.25. The molecule has 1 N–H and O–H groups in total. The van der Waals surface area contributed by atoms with E-state index < -0.39 is 0 Å². The zero-order valence-corrected chi connectivity index (χ0v) is 8.78. The maximum absolute atomic E-state index is 10.7. The molecule has 14 heavy (non-hydrogen) atoms. The van der Waals surface area contributed by atoms with E-state index in [1.807, 2.05) is 12.1 Å². The summed E-state index contributed by atoms with van der Waals surface area (Å²) in [5.74, 6) is 0.187. The monoisotopic (exact) mass is 250 g/mol. The largest absolute Gasteiger partial charge is 0.507 e. The van der Waals surface area contributed by atoms with Crippen LogP contribution >= 0.6 is 15.9 Å². The maximum atomic E-state index is 10.7. The number of halogens is 1. The Morgan fingerprint density at radius 2 is 1.93 bits per heavy atom. The van der Waals surface area contributed by atoms with Gasteiger partial charge < -0.3 is 5.11 Å². The predicted molar refractivity (Wildman–Crippen MR) is 58.7 cm³/mol. The van der Waals surface area contributed by atoms with Gasteiger partial charge in [0.1, 0.15) is 5.75 Å². The number of phenolic OH excluding ortho intramolecular Hbond substituents is 1. The molecule has 2 nitrogen and oxygen atoms in total. The lowest BCUT2D eigenvalue weighted by molar-refractivity contribution is 0.112. The molecule has 2 aromatic carbocycles. The summed E-state index contributed by atoms with van der Waals surface area (Å²) in [7, 11) is 0. The molecule has 0 heterocycles. The molecule has 0 atom stereocenters. The van der Waals surface area contributed by atoms with Crippen molar-refractivity contribution >= 4 is 33.0 Å². The average Bonchev–Trinajstić information content (AvgIpc) is 2.19. The summed E-state index contributed by atoms with van der Waals surface area (Å²) in [6.45, 7) is 0. The SMILES string of the molecule is O=Cc1ccc(O)c2cc(Br)ccc12. The number of benzene rings is 2. The normalized spacial score (nSPS) is 10.4. The molecule has 70 valence electrons. The minimum absolute atomic E-state index is 0.187. The Hall–Kier alpha value is -1.35. The second-order valence-electron chi connectivity index (χ2n) is 2.98. The number of carbonyl (C=O) groups is 1. The lowest BCUT2D eigenvalue weighted by atomic mass is 10.0. The van der Waals surface area contributed by atoms with E-state index in [-0.39, 0.29) is 5.75 Å². The quantitative estimate of drug-likeness (QED) is 0.790. The van der Waals surface area contributed by atoms with Crippen LogP contribution in [0, 0.1) is 0 Å². The van der Waals surface area contributed by atoms with Crippen LogP contribution in [-0.4, -0.2) is 11.4 Å². The molecule has 3 heteroatoms. The number of rotatable bonds is 1. The molecule has 2 aromatic rings. The molecule has 2 rings (SSSR count). The Morgan fingerprint density at radius 3 is 2.64 bits per heavy atom. The van der Waals surface area contributed by atoms with Gasteiger partial charge in [-0.3, -0.25) is 4.79 Å². The lowest BCUT2D eigenvalue weighted by Crippen LogP contribution is -1.83. The molecule has 0 aliphatic rings. The second-order valence-corrected chi connectivity index (χ2v) is 3.90. The topological polar surface area (TPSA) is 37.3 Å². The van der Waals surface area contributed by atoms with Gasteiger partial charge in [-0.1, -0.05) is 22.0 Å². The lowest BCUT2D eigenvalue weighted by Gasteiger charge is -2.03. The first kappa shape index (κ1) is 9.21. The molecule has 0 saturated carbocycles. The summed E-state index contributed by atoms with van der Waals surface area (Å²) in [4.78, 5) is 10.7. The minimum Gasteiger partial charge on any atom is -0.507 e. The van der Waals surface area contributed by atoms with Crippen LogP contribution in [0.3, 0.4) is 0 Å². The highest BCUT2D eigenvalue weighted by Gasteiger charge is 2.04. The number of aldehydes is 1. The van der Waals surface area contributed by atoms with Crippen molar-refractivity contribution < 1.29 is 9.90 Å². The first-order valence-corrected chi connectivity index (χ1v) is 4.88. The molecule has 0 unspecified atom stereocenters. The van der Waals surface area contributed by atoms with Crippen molar-refractivity contribution in [2.45, 2.75) is 0 Å². The Labute approximate surface area is 89.3 Å². The van der Waals surface area contributed by atoms with E-state index in [1.165, 1.54) is 6.07 Å². The molecule has 0 amide bonds. The Bertz CT molecular complexity index is 506. The summed E-state index contributed by atoms with van der Waals surface area (Å²) in [5, 5.41) is 11.0. The summed E-state index contributed by atoms with van der Waals surface area (Å²) >= 11 is 3.31. The van der Waals surface area contributed by atoms with Crippen molar-refractivity contribution in [1.29, 1.82) is 0 Å². The van der Waals surface area contributed by atoms with E-state index >= 15 is 0 Å². The third-order valence-electron chi connectivity index (χ3n) is 2.12. The van der Waals surface area contributed by atoms with Crippen LogP contribution in [-0.2, 0) is 0 Å². The van der Waals surface area contributed by atoms with Gasteiger partial charge in [-0.15, -0.1) is 0 Å². The van der Waals surface area contributed by atoms with Crippen molar-refractivity contribution in [3.63, 3.8) is 0 Å². The summed E-state index contributed by atoms with van der Waals surface area (Å²) in [6.07, 6.45) is 0.787. The third kappa shape index (κ3) is 1.40. The van der Waals surface area contributed by atoms with E-state index in [4.69, 9.17) is 0 Å². The Morgan fingerprint density at radius 1 is 1.14 bits per heavy atom. The molecular formula is C11H7BrO2. The van der Waals surface area contributed by atoms with Crippen LogP contribution in [0.2, 0.25) is 0 Å². The van der Waals surface area contributed by atoms with E-state index in [0.29, 0.717) is 10.9 Å². The van der Waals surface area contributed by atoms with Crippen molar-refractivity contribution in [3.05, 3.63) is 40.4 Å². The first-order valence-electron chi connectivity index (χ1n) is 4.09. The fraction of sp³-hybridized carbons (Fsp3) is 0.